The van der Waals surface area contributed by atoms with Crippen LogP contribution in [0, 0.1) is 0 Å². The molecule has 1 amide bonds. The third-order valence-corrected chi connectivity index (χ3v) is 6.93. The van der Waals surface area contributed by atoms with Gasteiger partial charge < -0.3 is 20.6 Å². The molecule has 1 heterocycles. The van der Waals surface area contributed by atoms with Crippen LogP contribution in [0.5, 0.6) is 0 Å². The molecule has 1 saturated heterocycles. The molecule has 13 heteroatoms. The standard InChI is InChI=1S/C24H26N4O3S.C2HF3O2/c29-24(26-18-19-7-3-1-4-8-19)20-11-12-23(28-15-13-25-14-16-28)22(17-20)27-32(30,31)21-9-5-2-6-10-21;3-2(4,5)1(6)7/h1-12,17,25,27H,13-16,18H2,(H,26,29);(H,6,7). The van der Waals surface area contributed by atoms with Gasteiger partial charge in [-0.1, -0.05) is 48.5 Å². The van der Waals surface area contributed by atoms with Crippen LogP contribution < -0.4 is 20.3 Å². The van der Waals surface area contributed by atoms with E-state index in [0.717, 1.165) is 37.4 Å². The van der Waals surface area contributed by atoms with E-state index in [-0.39, 0.29) is 10.8 Å². The summed E-state index contributed by atoms with van der Waals surface area (Å²) in [5, 5.41) is 13.3. The van der Waals surface area contributed by atoms with Gasteiger partial charge in [0.2, 0.25) is 0 Å². The topological polar surface area (TPSA) is 128 Å². The van der Waals surface area contributed by atoms with E-state index in [2.05, 4.69) is 20.3 Å². The average Bonchev–Trinajstić information content (AvgIpc) is 2.93. The third kappa shape index (κ3) is 8.72. The molecular formula is C26H27F3N4O5S. The molecule has 208 valence electrons. The van der Waals surface area contributed by atoms with E-state index in [1.165, 1.54) is 0 Å². The van der Waals surface area contributed by atoms with Gasteiger partial charge in [0.1, 0.15) is 0 Å². The highest BCUT2D eigenvalue weighted by molar-refractivity contribution is 7.92. The first kappa shape index (κ1) is 29.5. The number of alkyl halides is 3. The van der Waals surface area contributed by atoms with E-state index in [9.17, 15) is 26.4 Å². The monoisotopic (exact) mass is 564 g/mol. The van der Waals surface area contributed by atoms with Crippen LogP contribution in [0.25, 0.3) is 0 Å². The molecule has 39 heavy (non-hydrogen) atoms. The Morgan fingerprint density at radius 3 is 2.05 bits per heavy atom. The second-order valence-corrected chi connectivity index (χ2v) is 10.0. The number of aliphatic carboxylic acids is 1. The minimum absolute atomic E-state index is 0.171. The molecule has 9 nitrogen and oxygen atoms in total. The van der Waals surface area contributed by atoms with Crippen molar-refractivity contribution in [2.75, 3.05) is 35.8 Å². The van der Waals surface area contributed by atoms with Crippen molar-refractivity contribution < 1.29 is 36.3 Å². The van der Waals surface area contributed by atoms with Crippen molar-refractivity contribution in [2.24, 2.45) is 0 Å². The summed E-state index contributed by atoms with van der Waals surface area (Å²) in [4.78, 5) is 24.0. The molecule has 0 spiro atoms. The number of sulfonamides is 1. The number of nitrogens with one attached hydrogen (secondary N) is 3. The minimum Gasteiger partial charge on any atom is -0.475 e. The molecule has 1 aliphatic heterocycles. The molecule has 0 bridgehead atoms. The van der Waals surface area contributed by atoms with Gasteiger partial charge in [0, 0.05) is 38.3 Å². The van der Waals surface area contributed by atoms with Gasteiger partial charge in [-0.15, -0.1) is 0 Å². The molecule has 4 rings (SSSR count). The van der Waals surface area contributed by atoms with Crippen molar-refractivity contribution in [3.05, 3.63) is 90.0 Å². The zero-order valence-electron chi connectivity index (χ0n) is 20.6. The fraction of sp³-hybridized carbons (Fsp3) is 0.231. The number of halogens is 3. The van der Waals surface area contributed by atoms with Gasteiger partial charge in [-0.3, -0.25) is 9.52 Å². The smallest absolute Gasteiger partial charge is 0.475 e. The lowest BCUT2D eigenvalue weighted by atomic mass is 10.1. The molecule has 0 saturated carbocycles. The Morgan fingerprint density at radius 2 is 1.49 bits per heavy atom. The number of piperazine rings is 1. The van der Waals surface area contributed by atoms with Crippen LogP contribution in [0.1, 0.15) is 15.9 Å². The van der Waals surface area contributed by atoms with Crippen molar-refractivity contribution in [1.82, 2.24) is 10.6 Å². The summed E-state index contributed by atoms with van der Waals surface area (Å²) in [6.07, 6.45) is -5.08. The first-order chi connectivity index (χ1) is 18.5. The van der Waals surface area contributed by atoms with E-state index in [0.29, 0.717) is 17.8 Å². The summed E-state index contributed by atoms with van der Waals surface area (Å²) in [7, 11) is -3.80. The number of rotatable bonds is 7. The highest BCUT2D eigenvalue weighted by atomic mass is 32.2. The Balaban J connectivity index is 0.000000532. The predicted octanol–water partition coefficient (Wildman–Crippen LogP) is 3.46. The Hall–Kier alpha value is -4.10. The van der Waals surface area contributed by atoms with E-state index in [1.807, 2.05) is 36.4 Å². The van der Waals surface area contributed by atoms with Crippen LogP contribution in [0.3, 0.4) is 0 Å². The number of amides is 1. The first-order valence-electron chi connectivity index (χ1n) is 11.8. The maximum absolute atomic E-state index is 13.0. The normalized spacial score (nSPS) is 13.6. The number of carboxylic acids is 1. The van der Waals surface area contributed by atoms with Crippen molar-refractivity contribution >= 4 is 33.3 Å². The van der Waals surface area contributed by atoms with Gasteiger partial charge in [-0.05, 0) is 35.9 Å². The maximum Gasteiger partial charge on any atom is 0.490 e. The van der Waals surface area contributed by atoms with Crippen LogP contribution in [-0.2, 0) is 21.4 Å². The maximum atomic E-state index is 13.0. The third-order valence-electron chi connectivity index (χ3n) is 5.55. The predicted molar refractivity (Wildman–Crippen MR) is 140 cm³/mol. The van der Waals surface area contributed by atoms with Crippen LogP contribution >= 0.6 is 0 Å². The van der Waals surface area contributed by atoms with Gasteiger partial charge in [-0.2, -0.15) is 13.2 Å². The number of nitrogens with zero attached hydrogens (tertiary/aromatic N) is 1. The van der Waals surface area contributed by atoms with Crippen LogP contribution in [-0.4, -0.2) is 57.8 Å². The Kier molecular flexibility index (Phi) is 9.90. The fourth-order valence-electron chi connectivity index (χ4n) is 3.62. The van der Waals surface area contributed by atoms with E-state index in [1.54, 1.807) is 42.5 Å². The zero-order chi connectivity index (χ0) is 28.5. The van der Waals surface area contributed by atoms with E-state index in [4.69, 9.17) is 9.90 Å². The van der Waals surface area contributed by atoms with Crippen molar-refractivity contribution in [3.8, 4) is 0 Å². The molecule has 3 aromatic rings. The Morgan fingerprint density at radius 1 is 0.923 bits per heavy atom. The number of carbonyl (C=O) groups is 2. The summed E-state index contributed by atoms with van der Waals surface area (Å²) in [6, 6.07) is 23.0. The van der Waals surface area contributed by atoms with Crippen LogP contribution in [0.4, 0.5) is 24.5 Å². The number of carbonyl (C=O) groups excluding carboxylic acids is 1. The molecule has 0 aliphatic carbocycles. The summed E-state index contributed by atoms with van der Waals surface area (Å²) in [5.41, 5.74) is 2.53. The molecule has 0 aromatic heterocycles. The molecule has 4 N–H and O–H groups in total. The largest absolute Gasteiger partial charge is 0.490 e. The number of carboxylic acid groups (broad SMARTS) is 1. The lowest BCUT2D eigenvalue weighted by Gasteiger charge is -2.31. The second kappa shape index (κ2) is 13.1. The Bertz CT molecular complexity index is 1370. The van der Waals surface area contributed by atoms with Crippen molar-refractivity contribution in [1.29, 1.82) is 0 Å². The quantitative estimate of drug-likeness (QED) is 0.346. The molecular weight excluding hydrogens is 537 g/mol. The lowest BCUT2D eigenvalue weighted by molar-refractivity contribution is -0.192. The van der Waals surface area contributed by atoms with Crippen LogP contribution in [0.15, 0.2) is 83.8 Å². The highest BCUT2D eigenvalue weighted by Gasteiger charge is 2.38. The van der Waals surface area contributed by atoms with Crippen LogP contribution in [0.2, 0.25) is 0 Å². The van der Waals surface area contributed by atoms with Gasteiger partial charge in [0.25, 0.3) is 15.9 Å². The summed E-state index contributed by atoms with van der Waals surface area (Å²) < 4.78 is 60.4. The Labute approximate surface area is 223 Å². The minimum atomic E-state index is -5.08. The molecule has 3 aromatic carbocycles. The summed E-state index contributed by atoms with van der Waals surface area (Å²) >= 11 is 0. The molecule has 0 radical (unpaired) electrons. The average molecular weight is 565 g/mol. The summed E-state index contributed by atoms with van der Waals surface area (Å²) in [5.74, 6) is -3.02. The van der Waals surface area contributed by atoms with E-state index >= 15 is 0 Å². The highest BCUT2D eigenvalue weighted by Crippen LogP contribution is 2.30. The fourth-order valence-corrected chi connectivity index (χ4v) is 4.71. The molecule has 1 aliphatic rings. The van der Waals surface area contributed by atoms with E-state index < -0.39 is 22.2 Å². The molecule has 1 fully saturated rings. The first-order valence-corrected chi connectivity index (χ1v) is 13.3. The van der Waals surface area contributed by atoms with Gasteiger partial charge in [-0.25, -0.2) is 13.2 Å². The lowest BCUT2D eigenvalue weighted by Crippen LogP contribution is -2.43. The van der Waals surface area contributed by atoms with Gasteiger partial charge in [0.05, 0.1) is 16.3 Å². The number of hydrogen-bond acceptors (Lipinski definition) is 6. The van der Waals surface area contributed by atoms with Crippen molar-refractivity contribution in [3.63, 3.8) is 0 Å². The van der Waals surface area contributed by atoms with Gasteiger partial charge in [0.15, 0.2) is 0 Å². The SMILES string of the molecule is O=C(NCc1ccccc1)c1ccc(N2CCNCC2)c(NS(=O)(=O)c2ccccc2)c1.O=C(O)C(F)(F)F. The van der Waals surface area contributed by atoms with Gasteiger partial charge >= 0.3 is 12.1 Å². The van der Waals surface area contributed by atoms with Crippen molar-refractivity contribution in [2.45, 2.75) is 17.6 Å². The molecule has 0 atom stereocenters. The second-order valence-electron chi connectivity index (χ2n) is 8.36. The number of benzene rings is 3. The number of anilines is 2. The molecule has 0 unspecified atom stereocenters. The zero-order valence-corrected chi connectivity index (χ0v) is 21.4. The summed E-state index contributed by atoms with van der Waals surface area (Å²) in [6.45, 7) is 3.51. The number of hydrogen-bond donors (Lipinski definition) is 4.